The van der Waals surface area contributed by atoms with Gasteiger partial charge in [0, 0.05) is 25.5 Å². The number of piperidine rings is 1. The van der Waals surface area contributed by atoms with Crippen molar-refractivity contribution < 1.29 is 9.53 Å². The highest BCUT2D eigenvalue weighted by atomic mass is 16.5. The zero-order valence-corrected chi connectivity index (χ0v) is 14.9. The van der Waals surface area contributed by atoms with Crippen LogP contribution in [-0.4, -0.2) is 39.2 Å². The molecule has 0 N–H and O–H groups in total. The Kier molecular flexibility index (Phi) is 4.19. The van der Waals surface area contributed by atoms with Crippen molar-refractivity contribution in [2.75, 3.05) is 13.7 Å². The first kappa shape index (κ1) is 16.1. The number of methoxy groups -OCH3 is 1. The van der Waals surface area contributed by atoms with Gasteiger partial charge in [0.1, 0.15) is 5.56 Å². The average Bonchev–Trinajstić information content (AvgIpc) is 3.28. The lowest BCUT2D eigenvalue weighted by molar-refractivity contribution is 0.0601. The number of nitrogens with zero attached hydrogens (tertiary/aromatic N) is 4. The first-order chi connectivity index (χ1) is 12.2. The summed E-state index contributed by atoms with van der Waals surface area (Å²) in [5.41, 5.74) is 3.82. The van der Waals surface area contributed by atoms with E-state index >= 15 is 0 Å². The van der Waals surface area contributed by atoms with Gasteiger partial charge in [-0.3, -0.25) is 9.48 Å². The van der Waals surface area contributed by atoms with Crippen LogP contribution in [0.15, 0.2) is 18.3 Å². The minimum absolute atomic E-state index is 0.00871. The number of hydrogen-bond donors (Lipinski definition) is 0. The molecule has 3 heterocycles. The van der Waals surface area contributed by atoms with Crippen LogP contribution in [0.3, 0.4) is 0 Å². The predicted molar refractivity (Wildman–Crippen MR) is 93.7 cm³/mol. The Morgan fingerprint density at radius 1 is 1.28 bits per heavy atom. The third-order valence-corrected chi connectivity index (χ3v) is 5.28. The van der Waals surface area contributed by atoms with E-state index in [9.17, 15) is 4.79 Å². The Morgan fingerprint density at radius 2 is 2.16 bits per heavy atom. The van der Waals surface area contributed by atoms with Crippen molar-refractivity contribution >= 4 is 5.91 Å². The first-order valence-corrected chi connectivity index (χ1v) is 9.04. The number of hydrogen-bond acceptors (Lipinski definition) is 4. The quantitative estimate of drug-likeness (QED) is 0.862. The smallest absolute Gasteiger partial charge is 0.259 e. The van der Waals surface area contributed by atoms with Crippen LogP contribution >= 0.6 is 0 Å². The zero-order chi connectivity index (χ0) is 17.4. The molecule has 2 aromatic heterocycles. The van der Waals surface area contributed by atoms with E-state index in [4.69, 9.17) is 4.74 Å². The summed E-state index contributed by atoms with van der Waals surface area (Å²) in [6.07, 6.45) is 8.09. The summed E-state index contributed by atoms with van der Waals surface area (Å²) in [5.74, 6) is 0.463. The van der Waals surface area contributed by atoms with Crippen LogP contribution in [0, 0.1) is 0 Å². The predicted octanol–water partition coefficient (Wildman–Crippen LogP) is 2.68. The molecule has 6 nitrogen and oxygen atoms in total. The number of rotatable bonds is 3. The lowest BCUT2D eigenvalue weighted by Gasteiger charge is -2.35. The molecule has 1 aliphatic heterocycles. The van der Waals surface area contributed by atoms with Crippen molar-refractivity contribution in [1.82, 2.24) is 19.7 Å². The molecule has 1 fully saturated rings. The number of aryl methyl sites for hydroxylation is 3. The van der Waals surface area contributed by atoms with E-state index in [2.05, 4.69) is 10.1 Å². The number of likely N-dealkylation sites (tertiary alicyclic amines) is 1. The maximum Gasteiger partial charge on any atom is 0.259 e. The Bertz CT molecular complexity index is 799. The van der Waals surface area contributed by atoms with Crippen LogP contribution < -0.4 is 4.74 Å². The molecule has 2 aromatic rings. The maximum atomic E-state index is 13.3. The number of ether oxygens (including phenoxy) is 1. The maximum absolute atomic E-state index is 13.3. The van der Waals surface area contributed by atoms with Crippen molar-refractivity contribution in [1.29, 1.82) is 0 Å². The van der Waals surface area contributed by atoms with Gasteiger partial charge in [0.05, 0.1) is 18.8 Å². The van der Waals surface area contributed by atoms with Gasteiger partial charge in [0.15, 0.2) is 0 Å². The molecule has 0 bridgehead atoms. The van der Waals surface area contributed by atoms with E-state index in [1.165, 1.54) is 5.56 Å². The second-order valence-electron chi connectivity index (χ2n) is 6.93. The largest absolute Gasteiger partial charge is 0.480 e. The molecule has 0 spiro atoms. The highest BCUT2D eigenvalue weighted by Gasteiger charge is 2.32. The highest BCUT2D eigenvalue weighted by Crippen LogP contribution is 2.34. The van der Waals surface area contributed by atoms with Gasteiger partial charge in [-0.05, 0) is 56.2 Å². The number of carbonyl (C=O) groups is 1. The minimum Gasteiger partial charge on any atom is -0.480 e. The second-order valence-corrected chi connectivity index (χ2v) is 6.93. The van der Waals surface area contributed by atoms with Gasteiger partial charge in [-0.25, -0.2) is 4.98 Å². The molecule has 1 aliphatic carbocycles. The summed E-state index contributed by atoms with van der Waals surface area (Å²) < 4.78 is 7.25. The Balaban J connectivity index is 1.69. The van der Waals surface area contributed by atoms with Crippen LogP contribution in [0.5, 0.6) is 5.88 Å². The molecule has 1 saturated heterocycles. The summed E-state index contributed by atoms with van der Waals surface area (Å²) in [4.78, 5) is 19.9. The zero-order valence-electron chi connectivity index (χ0n) is 14.9. The molecule has 4 rings (SSSR count). The number of pyridine rings is 1. The van der Waals surface area contributed by atoms with E-state index in [0.29, 0.717) is 11.4 Å². The number of aromatic nitrogens is 3. The first-order valence-electron chi connectivity index (χ1n) is 9.04. The minimum atomic E-state index is 0.00871. The fourth-order valence-corrected chi connectivity index (χ4v) is 4.01. The normalized spacial score (nSPS) is 19.8. The van der Waals surface area contributed by atoms with Crippen LogP contribution in [0.1, 0.15) is 59.0 Å². The highest BCUT2D eigenvalue weighted by molar-refractivity contribution is 5.97. The summed E-state index contributed by atoms with van der Waals surface area (Å²) in [6.45, 7) is 0.750. The fraction of sp³-hybridized carbons (Fsp3) is 0.526. The van der Waals surface area contributed by atoms with Gasteiger partial charge in [-0.2, -0.15) is 5.10 Å². The molecule has 0 radical (unpaired) electrons. The Morgan fingerprint density at radius 3 is 2.92 bits per heavy atom. The molecule has 25 heavy (non-hydrogen) atoms. The lowest BCUT2D eigenvalue weighted by Crippen LogP contribution is -2.39. The lowest BCUT2D eigenvalue weighted by atomic mass is 9.98. The Hall–Kier alpha value is -2.37. The van der Waals surface area contributed by atoms with Gasteiger partial charge in [-0.15, -0.1) is 0 Å². The van der Waals surface area contributed by atoms with Gasteiger partial charge in [0.25, 0.3) is 5.91 Å². The van der Waals surface area contributed by atoms with Crippen LogP contribution in [-0.2, 0) is 19.9 Å². The summed E-state index contributed by atoms with van der Waals surface area (Å²) in [7, 11) is 3.50. The summed E-state index contributed by atoms with van der Waals surface area (Å²) >= 11 is 0. The van der Waals surface area contributed by atoms with Gasteiger partial charge in [-0.1, -0.05) is 0 Å². The van der Waals surface area contributed by atoms with E-state index in [-0.39, 0.29) is 11.9 Å². The van der Waals surface area contributed by atoms with Crippen molar-refractivity contribution in [3.05, 3.63) is 40.8 Å². The van der Waals surface area contributed by atoms with Crippen molar-refractivity contribution in [2.24, 2.45) is 7.05 Å². The van der Waals surface area contributed by atoms with Gasteiger partial charge in [0.2, 0.25) is 5.88 Å². The topological polar surface area (TPSA) is 60.2 Å². The average molecular weight is 340 g/mol. The molecule has 0 saturated carbocycles. The molecule has 1 amide bonds. The second kappa shape index (κ2) is 6.50. The van der Waals surface area contributed by atoms with Crippen LogP contribution in [0.2, 0.25) is 0 Å². The monoisotopic (exact) mass is 340 g/mol. The van der Waals surface area contributed by atoms with Crippen LogP contribution in [0.25, 0.3) is 0 Å². The molecule has 1 atom stereocenters. The molecule has 6 heteroatoms. The number of carbonyl (C=O) groups excluding carboxylic acids is 1. The van der Waals surface area contributed by atoms with E-state index < -0.39 is 0 Å². The number of fused-ring (bicyclic) bond motifs is 1. The molecule has 2 aliphatic rings. The standard InChI is InChI=1S/C19H24N4O2/c1-22-11-9-16(21-22)17-8-3-4-10-23(17)19(24)14-12-13-6-5-7-15(13)20-18(14)25-2/h9,11-12,17H,3-8,10H2,1-2H3/t17-/m0/s1. The van der Waals surface area contributed by atoms with Crippen molar-refractivity contribution in [2.45, 2.75) is 44.6 Å². The third kappa shape index (κ3) is 2.90. The molecule has 0 aromatic carbocycles. The van der Waals surface area contributed by atoms with Gasteiger partial charge >= 0.3 is 0 Å². The Labute approximate surface area is 147 Å². The summed E-state index contributed by atoms with van der Waals surface area (Å²) in [5, 5.41) is 4.54. The molecule has 132 valence electrons. The van der Waals surface area contributed by atoms with E-state index in [0.717, 1.165) is 56.5 Å². The molecular weight excluding hydrogens is 316 g/mol. The van der Waals surface area contributed by atoms with Crippen molar-refractivity contribution in [3.63, 3.8) is 0 Å². The molecular formula is C19H24N4O2. The SMILES string of the molecule is COc1nc2c(cc1C(=O)N1CCCC[C@H]1c1ccn(C)n1)CCC2. The van der Waals surface area contributed by atoms with Crippen LogP contribution in [0.4, 0.5) is 0 Å². The molecule has 0 unspecified atom stereocenters. The van der Waals surface area contributed by atoms with E-state index in [1.54, 1.807) is 11.8 Å². The van der Waals surface area contributed by atoms with Crippen molar-refractivity contribution in [3.8, 4) is 5.88 Å². The van der Waals surface area contributed by atoms with Gasteiger partial charge < -0.3 is 9.64 Å². The fourth-order valence-electron chi connectivity index (χ4n) is 4.01. The number of amides is 1. The third-order valence-electron chi connectivity index (χ3n) is 5.28. The van der Waals surface area contributed by atoms with E-state index in [1.807, 2.05) is 30.3 Å². The summed E-state index contributed by atoms with van der Waals surface area (Å²) in [6, 6.07) is 4.04.